The van der Waals surface area contributed by atoms with Crippen molar-refractivity contribution in [2.45, 2.75) is 12.6 Å². The Kier molecular flexibility index (Phi) is 3.83. The van der Waals surface area contributed by atoms with E-state index < -0.39 is 28.2 Å². The van der Waals surface area contributed by atoms with Crippen LogP contribution < -0.4 is 11.2 Å². The number of nitro groups is 1. The van der Waals surface area contributed by atoms with E-state index in [0.717, 1.165) is 13.7 Å². The SMILES string of the molecule is Cn1c(=O)c2c(nc([N+](=O)[O-])n2C[C@H](O)CCl)n(C)c1=O. The summed E-state index contributed by atoms with van der Waals surface area (Å²) < 4.78 is 2.81. The monoisotopic (exact) mass is 317 g/mol. The molecule has 0 bridgehead atoms. The molecule has 2 aromatic rings. The van der Waals surface area contributed by atoms with Gasteiger partial charge in [0.25, 0.3) is 11.2 Å². The number of aromatic nitrogens is 4. The third-order valence-electron chi connectivity index (χ3n) is 3.06. The van der Waals surface area contributed by atoms with Gasteiger partial charge in [-0.2, -0.15) is 0 Å². The molecule has 2 aromatic heterocycles. The molecule has 2 heterocycles. The molecule has 0 unspecified atom stereocenters. The van der Waals surface area contributed by atoms with Crippen LogP contribution in [0.5, 0.6) is 0 Å². The zero-order chi connectivity index (χ0) is 15.9. The van der Waals surface area contributed by atoms with E-state index in [1.165, 1.54) is 14.1 Å². The normalized spacial score (nSPS) is 12.8. The Morgan fingerprint density at radius 3 is 2.52 bits per heavy atom. The summed E-state index contributed by atoms with van der Waals surface area (Å²) in [5.74, 6) is -0.796. The number of halogens is 1. The standard InChI is InChI=1S/C10H12ClN5O5/c1-13-7-6(8(18)14(2)10(13)19)15(4-5(17)3-11)9(12-7)16(20)21/h5,17H,3-4H2,1-2H3/t5-/m1/s1. The molecule has 0 spiro atoms. The molecular formula is C10H12ClN5O5. The summed E-state index contributed by atoms with van der Waals surface area (Å²) in [5, 5.41) is 20.7. The number of hydrogen-bond donors (Lipinski definition) is 1. The molecule has 10 nitrogen and oxygen atoms in total. The summed E-state index contributed by atoms with van der Waals surface area (Å²) in [4.78, 5) is 38.0. The second kappa shape index (κ2) is 5.30. The highest BCUT2D eigenvalue weighted by atomic mass is 35.5. The highest BCUT2D eigenvalue weighted by Crippen LogP contribution is 2.18. The Labute approximate surface area is 122 Å². The number of imidazole rings is 1. The van der Waals surface area contributed by atoms with Gasteiger partial charge in [0.15, 0.2) is 0 Å². The zero-order valence-corrected chi connectivity index (χ0v) is 11.9. The van der Waals surface area contributed by atoms with E-state index in [0.29, 0.717) is 0 Å². The molecule has 1 atom stereocenters. The predicted octanol–water partition coefficient (Wildman–Crippen LogP) is -1.06. The minimum atomic E-state index is -1.09. The molecule has 114 valence electrons. The lowest BCUT2D eigenvalue weighted by Crippen LogP contribution is -2.38. The Balaban J connectivity index is 2.93. The lowest BCUT2D eigenvalue weighted by atomic mass is 10.4. The first-order chi connectivity index (χ1) is 9.79. The summed E-state index contributed by atoms with van der Waals surface area (Å²) in [6.45, 7) is -0.274. The van der Waals surface area contributed by atoms with Crippen LogP contribution in [0.25, 0.3) is 11.2 Å². The van der Waals surface area contributed by atoms with Crippen LogP contribution in [-0.4, -0.2) is 40.7 Å². The fraction of sp³-hybridized carbons (Fsp3) is 0.500. The Morgan fingerprint density at radius 1 is 1.38 bits per heavy atom. The lowest BCUT2D eigenvalue weighted by molar-refractivity contribution is -0.396. The van der Waals surface area contributed by atoms with Gasteiger partial charge in [-0.15, -0.1) is 11.6 Å². The van der Waals surface area contributed by atoms with Crippen molar-refractivity contribution in [3.63, 3.8) is 0 Å². The third kappa shape index (κ3) is 2.32. The molecule has 0 amide bonds. The quantitative estimate of drug-likeness (QED) is 0.435. The fourth-order valence-electron chi connectivity index (χ4n) is 2.01. The minimum absolute atomic E-state index is 0.114. The molecular weight excluding hydrogens is 306 g/mol. The lowest BCUT2D eigenvalue weighted by Gasteiger charge is -2.07. The van der Waals surface area contributed by atoms with Crippen molar-refractivity contribution in [3.8, 4) is 0 Å². The van der Waals surface area contributed by atoms with Crippen LogP contribution in [0.4, 0.5) is 5.95 Å². The number of nitrogens with zero attached hydrogens (tertiary/aromatic N) is 5. The van der Waals surface area contributed by atoms with Crippen molar-refractivity contribution in [1.82, 2.24) is 18.7 Å². The Hall–Kier alpha value is -2.20. The van der Waals surface area contributed by atoms with Gasteiger partial charge in [-0.05, 0) is 9.91 Å². The number of fused-ring (bicyclic) bond motifs is 1. The van der Waals surface area contributed by atoms with Crippen LogP contribution in [-0.2, 0) is 20.6 Å². The maximum atomic E-state index is 12.2. The minimum Gasteiger partial charge on any atom is -0.390 e. The molecule has 11 heteroatoms. The number of hydrogen-bond acceptors (Lipinski definition) is 6. The van der Waals surface area contributed by atoms with Crippen molar-refractivity contribution < 1.29 is 10.0 Å². The van der Waals surface area contributed by atoms with E-state index in [9.17, 15) is 24.8 Å². The van der Waals surface area contributed by atoms with Gasteiger partial charge in [0.05, 0.1) is 18.5 Å². The molecule has 0 saturated heterocycles. The maximum absolute atomic E-state index is 12.2. The van der Waals surface area contributed by atoms with Gasteiger partial charge in [0, 0.05) is 14.1 Å². The summed E-state index contributed by atoms with van der Waals surface area (Å²) in [6, 6.07) is 0. The third-order valence-corrected chi connectivity index (χ3v) is 3.42. The van der Waals surface area contributed by atoms with E-state index in [1.54, 1.807) is 0 Å². The first kappa shape index (κ1) is 15.2. The molecule has 0 radical (unpaired) electrons. The maximum Gasteiger partial charge on any atom is 0.437 e. The van der Waals surface area contributed by atoms with Crippen LogP contribution in [0.1, 0.15) is 0 Å². The van der Waals surface area contributed by atoms with Gasteiger partial charge < -0.3 is 15.2 Å². The number of aliphatic hydroxyl groups excluding tert-OH is 1. The van der Waals surface area contributed by atoms with Crippen LogP contribution in [0, 0.1) is 10.1 Å². The Bertz CT molecular complexity index is 835. The van der Waals surface area contributed by atoms with Gasteiger partial charge in [-0.1, -0.05) is 0 Å². The second-order valence-corrected chi connectivity index (χ2v) is 4.77. The van der Waals surface area contributed by atoms with E-state index in [4.69, 9.17) is 11.6 Å². The highest BCUT2D eigenvalue weighted by molar-refractivity contribution is 6.18. The van der Waals surface area contributed by atoms with Crippen molar-refractivity contribution >= 4 is 28.7 Å². The molecule has 0 aliphatic heterocycles. The molecule has 0 fully saturated rings. The summed E-state index contributed by atoms with van der Waals surface area (Å²) in [7, 11) is 2.61. The number of aryl methyl sites for hydroxylation is 1. The van der Waals surface area contributed by atoms with Crippen molar-refractivity contribution in [2.24, 2.45) is 14.1 Å². The van der Waals surface area contributed by atoms with Crippen LogP contribution in [0.3, 0.4) is 0 Å². The predicted molar refractivity (Wildman–Crippen MR) is 73.6 cm³/mol. The summed E-state index contributed by atoms with van der Waals surface area (Å²) >= 11 is 5.49. The largest absolute Gasteiger partial charge is 0.437 e. The van der Waals surface area contributed by atoms with Crippen LogP contribution in [0.2, 0.25) is 0 Å². The van der Waals surface area contributed by atoms with Gasteiger partial charge in [-0.25, -0.2) is 9.36 Å². The van der Waals surface area contributed by atoms with Gasteiger partial charge in [0.2, 0.25) is 5.52 Å². The van der Waals surface area contributed by atoms with E-state index in [-0.39, 0.29) is 23.6 Å². The highest BCUT2D eigenvalue weighted by Gasteiger charge is 2.29. The topological polar surface area (TPSA) is 125 Å². The van der Waals surface area contributed by atoms with Gasteiger partial charge in [0.1, 0.15) is 0 Å². The number of rotatable bonds is 4. The molecule has 0 saturated carbocycles. The first-order valence-electron chi connectivity index (χ1n) is 5.84. The van der Waals surface area contributed by atoms with Crippen LogP contribution in [0.15, 0.2) is 9.59 Å². The first-order valence-corrected chi connectivity index (χ1v) is 6.37. The van der Waals surface area contributed by atoms with Crippen molar-refractivity contribution in [2.75, 3.05) is 5.88 Å². The van der Waals surface area contributed by atoms with Crippen LogP contribution >= 0.6 is 11.6 Å². The Morgan fingerprint density at radius 2 is 2.00 bits per heavy atom. The molecule has 1 N–H and O–H groups in total. The smallest absolute Gasteiger partial charge is 0.390 e. The average Bonchev–Trinajstić information content (AvgIpc) is 2.82. The van der Waals surface area contributed by atoms with E-state index in [1.807, 2.05) is 0 Å². The second-order valence-electron chi connectivity index (χ2n) is 4.47. The van der Waals surface area contributed by atoms with Crippen molar-refractivity contribution in [1.29, 1.82) is 0 Å². The fourth-order valence-corrected chi connectivity index (χ4v) is 2.10. The van der Waals surface area contributed by atoms with Crippen molar-refractivity contribution in [3.05, 3.63) is 31.0 Å². The van der Waals surface area contributed by atoms with Gasteiger partial charge in [-0.3, -0.25) is 13.9 Å². The summed E-state index contributed by atoms with van der Waals surface area (Å²) in [5.41, 5.74) is -1.62. The number of aliphatic hydroxyl groups is 1. The summed E-state index contributed by atoms with van der Waals surface area (Å²) in [6.07, 6.45) is -1.09. The van der Waals surface area contributed by atoms with Gasteiger partial charge >= 0.3 is 11.6 Å². The molecule has 0 aromatic carbocycles. The zero-order valence-electron chi connectivity index (χ0n) is 11.2. The molecule has 0 aliphatic rings. The van der Waals surface area contributed by atoms with E-state index in [2.05, 4.69) is 4.98 Å². The molecule has 0 aliphatic carbocycles. The van der Waals surface area contributed by atoms with E-state index >= 15 is 0 Å². The average molecular weight is 318 g/mol. The molecule has 2 rings (SSSR count). The number of alkyl halides is 1. The molecule has 21 heavy (non-hydrogen) atoms.